The van der Waals surface area contributed by atoms with Crippen molar-refractivity contribution < 1.29 is 4.79 Å². The van der Waals surface area contributed by atoms with Crippen LogP contribution in [-0.2, 0) is 17.6 Å². The summed E-state index contributed by atoms with van der Waals surface area (Å²) in [6.45, 7) is 0.831. The van der Waals surface area contributed by atoms with Crippen molar-refractivity contribution in [2.24, 2.45) is 0 Å². The molecule has 1 aromatic carbocycles. The van der Waals surface area contributed by atoms with Crippen molar-refractivity contribution >= 4 is 34.3 Å². The van der Waals surface area contributed by atoms with Crippen LogP contribution >= 0.6 is 11.3 Å². The molecule has 0 fully saturated rings. The van der Waals surface area contributed by atoms with E-state index < -0.39 is 0 Å². The van der Waals surface area contributed by atoms with Gasteiger partial charge < -0.3 is 16.4 Å². The maximum atomic E-state index is 11.3. The summed E-state index contributed by atoms with van der Waals surface area (Å²) in [5.74, 6) is 0.0325. The highest BCUT2D eigenvalue weighted by molar-refractivity contribution is 7.09. The summed E-state index contributed by atoms with van der Waals surface area (Å²) >= 11 is 1.75. The van der Waals surface area contributed by atoms with Crippen molar-refractivity contribution in [1.82, 2.24) is 0 Å². The number of fused-ring (bicyclic) bond motifs is 1. The molecule has 4 N–H and O–H groups in total. The molecule has 5 heteroatoms. The summed E-state index contributed by atoms with van der Waals surface area (Å²) in [7, 11) is 0. The fourth-order valence-electron chi connectivity index (χ4n) is 2.22. The van der Waals surface area contributed by atoms with Crippen LogP contribution in [0.1, 0.15) is 10.4 Å². The Morgan fingerprint density at radius 2 is 2.32 bits per heavy atom. The average molecular weight is 273 g/mol. The van der Waals surface area contributed by atoms with Gasteiger partial charge in [-0.2, -0.15) is 0 Å². The van der Waals surface area contributed by atoms with Gasteiger partial charge in [-0.25, -0.2) is 0 Å². The highest BCUT2D eigenvalue weighted by Crippen LogP contribution is 2.31. The maximum absolute atomic E-state index is 11.3. The zero-order valence-corrected chi connectivity index (χ0v) is 11.2. The van der Waals surface area contributed by atoms with Gasteiger partial charge >= 0.3 is 0 Å². The lowest BCUT2D eigenvalue weighted by atomic mass is 10.1. The van der Waals surface area contributed by atoms with Crippen molar-refractivity contribution in [3.8, 4) is 0 Å². The predicted molar refractivity (Wildman–Crippen MR) is 79.7 cm³/mol. The van der Waals surface area contributed by atoms with Gasteiger partial charge in [-0.1, -0.05) is 6.07 Å². The maximum Gasteiger partial charge on any atom is 0.228 e. The van der Waals surface area contributed by atoms with Crippen LogP contribution in [0.25, 0.3) is 0 Å². The van der Waals surface area contributed by atoms with Gasteiger partial charge in [-0.05, 0) is 35.6 Å². The van der Waals surface area contributed by atoms with Gasteiger partial charge in [0.2, 0.25) is 5.91 Å². The Bertz CT molecular complexity index is 607. The molecule has 2 heterocycles. The van der Waals surface area contributed by atoms with Crippen LogP contribution in [0.4, 0.5) is 17.1 Å². The third-order valence-electron chi connectivity index (χ3n) is 3.17. The minimum Gasteiger partial charge on any atom is -0.397 e. The van der Waals surface area contributed by atoms with Gasteiger partial charge in [0.25, 0.3) is 0 Å². The van der Waals surface area contributed by atoms with Crippen LogP contribution in [0.15, 0.2) is 29.6 Å². The number of nitrogens with one attached hydrogen (secondary N) is 2. The van der Waals surface area contributed by atoms with Crippen LogP contribution in [0, 0.1) is 0 Å². The molecule has 3 rings (SSSR count). The minimum absolute atomic E-state index is 0.0325. The van der Waals surface area contributed by atoms with Crippen molar-refractivity contribution in [2.45, 2.75) is 12.8 Å². The third kappa shape index (κ3) is 2.56. The van der Waals surface area contributed by atoms with Crippen LogP contribution in [0.2, 0.25) is 0 Å². The third-order valence-corrected chi connectivity index (χ3v) is 4.10. The van der Waals surface area contributed by atoms with Crippen LogP contribution in [0.3, 0.4) is 0 Å². The Hall–Kier alpha value is -2.01. The number of carbonyl (C=O) groups is 1. The lowest BCUT2D eigenvalue weighted by Gasteiger charge is -2.11. The van der Waals surface area contributed by atoms with E-state index in [0.717, 1.165) is 29.9 Å². The first-order valence-corrected chi connectivity index (χ1v) is 7.09. The summed E-state index contributed by atoms with van der Waals surface area (Å²) in [6, 6.07) is 7.97. The van der Waals surface area contributed by atoms with E-state index >= 15 is 0 Å². The molecule has 0 unspecified atom stereocenters. The first kappa shape index (κ1) is 12.0. The number of benzene rings is 1. The average Bonchev–Trinajstić information content (AvgIpc) is 2.98. The topological polar surface area (TPSA) is 67.2 Å². The van der Waals surface area contributed by atoms with Gasteiger partial charge in [0.1, 0.15) is 0 Å². The van der Waals surface area contributed by atoms with Crippen LogP contribution in [-0.4, -0.2) is 12.5 Å². The quantitative estimate of drug-likeness (QED) is 0.750. The Morgan fingerprint density at radius 3 is 3.11 bits per heavy atom. The Morgan fingerprint density at radius 1 is 1.42 bits per heavy atom. The molecule has 0 spiro atoms. The summed E-state index contributed by atoms with van der Waals surface area (Å²) in [6.07, 6.45) is 1.40. The van der Waals surface area contributed by atoms with E-state index in [0.29, 0.717) is 12.1 Å². The molecule has 1 aliphatic rings. The Balaban J connectivity index is 1.68. The second-order valence-corrected chi connectivity index (χ2v) is 5.61. The zero-order valence-electron chi connectivity index (χ0n) is 10.4. The van der Waals surface area contributed by atoms with Crippen LogP contribution < -0.4 is 16.4 Å². The molecule has 0 saturated heterocycles. The number of nitrogens with two attached hydrogens (primary N) is 1. The molecule has 1 amide bonds. The SMILES string of the molecule is Nc1cc2c(cc1NCCc1cccs1)NC(=O)C2. The molecule has 1 aromatic heterocycles. The van der Waals surface area contributed by atoms with Crippen molar-refractivity contribution in [1.29, 1.82) is 0 Å². The summed E-state index contributed by atoms with van der Waals surface area (Å²) in [4.78, 5) is 12.7. The largest absolute Gasteiger partial charge is 0.397 e. The molecular weight excluding hydrogens is 258 g/mol. The van der Waals surface area contributed by atoms with E-state index in [1.54, 1.807) is 11.3 Å². The molecule has 98 valence electrons. The molecule has 1 aliphatic heterocycles. The highest BCUT2D eigenvalue weighted by Gasteiger charge is 2.19. The van der Waals surface area contributed by atoms with E-state index in [4.69, 9.17) is 5.73 Å². The van der Waals surface area contributed by atoms with E-state index in [1.807, 2.05) is 12.1 Å². The van der Waals surface area contributed by atoms with E-state index in [-0.39, 0.29) is 5.91 Å². The minimum atomic E-state index is 0.0325. The monoisotopic (exact) mass is 273 g/mol. The van der Waals surface area contributed by atoms with E-state index in [9.17, 15) is 4.79 Å². The first-order valence-electron chi connectivity index (χ1n) is 6.21. The van der Waals surface area contributed by atoms with Crippen molar-refractivity contribution in [3.63, 3.8) is 0 Å². The van der Waals surface area contributed by atoms with Crippen molar-refractivity contribution in [2.75, 3.05) is 22.9 Å². The molecule has 4 nitrogen and oxygen atoms in total. The summed E-state index contributed by atoms with van der Waals surface area (Å²) in [5.41, 5.74) is 9.43. The molecular formula is C14H15N3OS. The standard InChI is InChI=1S/C14H15N3OS/c15-11-6-9-7-14(18)17-12(9)8-13(11)16-4-3-10-2-1-5-19-10/h1-2,5-6,8,16H,3-4,7,15H2,(H,17,18). The second-order valence-electron chi connectivity index (χ2n) is 4.58. The lowest BCUT2D eigenvalue weighted by Crippen LogP contribution is -2.07. The lowest BCUT2D eigenvalue weighted by molar-refractivity contribution is -0.115. The van der Waals surface area contributed by atoms with Crippen LogP contribution in [0.5, 0.6) is 0 Å². The number of amides is 1. The number of carbonyl (C=O) groups excluding carboxylic acids is 1. The first-order chi connectivity index (χ1) is 9.22. The molecule has 0 aliphatic carbocycles. The Kier molecular flexibility index (Phi) is 3.13. The molecule has 2 aromatic rings. The second kappa shape index (κ2) is 4.93. The zero-order chi connectivity index (χ0) is 13.2. The fraction of sp³-hybridized carbons (Fsp3) is 0.214. The normalized spacial score (nSPS) is 13.2. The van der Waals surface area contributed by atoms with Crippen molar-refractivity contribution in [3.05, 3.63) is 40.1 Å². The number of nitrogen functional groups attached to an aromatic ring is 1. The number of thiophene rings is 1. The number of rotatable bonds is 4. The fourth-order valence-corrected chi connectivity index (χ4v) is 2.93. The number of anilines is 3. The predicted octanol–water partition coefficient (Wildman–Crippen LogP) is 2.48. The van der Waals surface area contributed by atoms with Gasteiger partial charge in [0.15, 0.2) is 0 Å². The van der Waals surface area contributed by atoms with Gasteiger partial charge in [-0.15, -0.1) is 11.3 Å². The van der Waals surface area contributed by atoms with Gasteiger partial charge in [0.05, 0.1) is 17.8 Å². The summed E-state index contributed by atoms with van der Waals surface area (Å²) in [5, 5.41) is 8.24. The molecule has 0 saturated carbocycles. The highest BCUT2D eigenvalue weighted by atomic mass is 32.1. The number of hydrogen-bond donors (Lipinski definition) is 3. The molecule has 19 heavy (non-hydrogen) atoms. The van der Waals surface area contributed by atoms with E-state index in [1.165, 1.54) is 4.88 Å². The van der Waals surface area contributed by atoms with Gasteiger partial charge in [-0.3, -0.25) is 4.79 Å². The molecule has 0 atom stereocenters. The molecule has 0 radical (unpaired) electrons. The van der Waals surface area contributed by atoms with Gasteiger partial charge in [0, 0.05) is 17.1 Å². The molecule has 0 bridgehead atoms. The summed E-state index contributed by atoms with van der Waals surface area (Å²) < 4.78 is 0. The Labute approximate surface area is 115 Å². The van der Waals surface area contributed by atoms with E-state index in [2.05, 4.69) is 28.1 Å². The smallest absolute Gasteiger partial charge is 0.228 e. The number of hydrogen-bond acceptors (Lipinski definition) is 4.